The van der Waals surface area contributed by atoms with Crippen LogP contribution in [0.3, 0.4) is 0 Å². The maximum Gasteiger partial charge on any atom is 0.296 e. The first kappa shape index (κ1) is 13.6. The molecule has 1 saturated carbocycles. The molecule has 0 heterocycles. The van der Waals surface area contributed by atoms with Gasteiger partial charge in [-0.25, -0.2) is 0 Å². The van der Waals surface area contributed by atoms with Crippen molar-refractivity contribution in [2.24, 2.45) is 11.3 Å². The highest BCUT2D eigenvalue weighted by Gasteiger charge is 2.39. The lowest BCUT2D eigenvalue weighted by molar-refractivity contribution is 0.162. The lowest BCUT2D eigenvalue weighted by Gasteiger charge is -2.23. The Balaban J connectivity index is 2.05. The normalized spacial score (nSPS) is 16.8. The van der Waals surface area contributed by atoms with E-state index in [4.69, 9.17) is 4.18 Å². The van der Waals surface area contributed by atoms with Crippen molar-refractivity contribution < 1.29 is 12.6 Å². The Morgan fingerprint density at radius 1 is 1.22 bits per heavy atom. The SMILES string of the molecule is Cc1ccc(S(=O)(=O)OCC(C)(C)C2CC2)cc1. The van der Waals surface area contributed by atoms with Crippen LogP contribution in [0, 0.1) is 18.3 Å². The Hall–Kier alpha value is -0.870. The summed E-state index contributed by atoms with van der Waals surface area (Å²) >= 11 is 0. The zero-order valence-electron chi connectivity index (χ0n) is 11.1. The second kappa shape index (κ2) is 4.67. The first-order valence-corrected chi connectivity index (χ1v) is 7.68. The van der Waals surface area contributed by atoms with Crippen LogP contribution < -0.4 is 0 Å². The fourth-order valence-electron chi connectivity index (χ4n) is 1.99. The minimum atomic E-state index is -3.62. The number of rotatable bonds is 5. The van der Waals surface area contributed by atoms with Crippen LogP contribution >= 0.6 is 0 Å². The van der Waals surface area contributed by atoms with Crippen LogP contribution in [0.2, 0.25) is 0 Å². The molecular formula is C14H20O3S. The molecule has 0 spiro atoms. The zero-order chi connectivity index (χ0) is 13.4. The topological polar surface area (TPSA) is 43.4 Å². The summed E-state index contributed by atoms with van der Waals surface area (Å²) in [6.45, 7) is 6.31. The molecule has 4 heteroatoms. The summed E-state index contributed by atoms with van der Waals surface area (Å²) in [5.41, 5.74) is 0.977. The number of benzene rings is 1. The summed E-state index contributed by atoms with van der Waals surface area (Å²) in [6, 6.07) is 6.74. The summed E-state index contributed by atoms with van der Waals surface area (Å²) in [4.78, 5) is 0.236. The van der Waals surface area contributed by atoms with E-state index in [0.717, 1.165) is 5.56 Å². The van der Waals surface area contributed by atoms with E-state index in [2.05, 4.69) is 13.8 Å². The van der Waals surface area contributed by atoms with E-state index < -0.39 is 10.1 Å². The molecule has 0 aromatic heterocycles. The lowest BCUT2D eigenvalue weighted by Crippen LogP contribution is -2.24. The van der Waals surface area contributed by atoms with Gasteiger partial charge >= 0.3 is 0 Å². The molecule has 0 radical (unpaired) electrons. The van der Waals surface area contributed by atoms with Crippen molar-refractivity contribution in [2.75, 3.05) is 6.61 Å². The number of aryl methyl sites for hydroxylation is 1. The minimum Gasteiger partial charge on any atom is -0.266 e. The van der Waals surface area contributed by atoms with Crippen LogP contribution in [-0.4, -0.2) is 15.0 Å². The minimum absolute atomic E-state index is 0.0578. The number of hydrogen-bond donors (Lipinski definition) is 0. The Morgan fingerprint density at radius 3 is 2.28 bits per heavy atom. The fourth-order valence-corrected chi connectivity index (χ4v) is 3.05. The third kappa shape index (κ3) is 3.12. The molecule has 1 aliphatic carbocycles. The summed E-state index contributed by atoms with van der Waals surface area (Å²) in [7, 11) is -3.62. The highest BCUT2D eigenvalue weighted by molar-refractivity contribution is 7.86. The molecule has 0 atom stereocenters. The van der Waals surface area contributed by atoms with Gasteiger partial charge in [-0.1, -0.05) is 31.5 Å². The van der Waals surface area contributed by atoms with E-state index in [-0.39, 0.29) is 16.9 Å². The molecule has 0 saturated heterocycles. The molecule has 0 aliphatic heterocycles. The van der Waals surface area contributed by atoms with Gasteiger partial charge in [-0.15, -0.1) is 0 Å². The molecule has 3 nitrogen and oxygen atoms in total. The average Bonchev–Trinajstić information content (AvgIpc) is 3.11. The van der Waals surface area contributed by atoms with Gasteiger partial charge in [-0.2, -0.15) is 8.42 Å². The molecule has 100 valence electrons. The van der Waals surface area contributed by atoms with Crippen LogP contribution in [0.15, 0.2) is 29.2 Å². The van der Waals surface area contributed by atoms with Crippen LogP contribution in [0.1, 0.15) is 32.3 Å². The Bertz CT molecular complexity index is 510. The average molecular weight is 268 g/mol. The van der Waals surface area contributed by atoms with Crippen LogP contribution in [0.4, 0.5) is 0 Å². The second-order valence-electron chi connectivity index (χ2n) is 5.79. The molecule has 18 heavy (non-hydrogen) atoms. The molecule has 1 fully saturated rings. The van der Waals surface area contributed by atoms with Crippen LogP contribution in [-0.2, 0) is 14.3 Å². The van der Waals surface area contributed by atoms with Crippen molar-refractivity contribution in [3.05, 3.63) is 29.8 Å². The van der Waals surface area contributed by atoms with Crippen molar-refractivity contribution in [3.63, 3.8) is 0 Å². The first-order valence-electron chi connectivity index (χ1n) is 6.27. The van der Waals surface area contributed by atoms with E-state index in [1.165, 1.54) is 12.8 Å². The van der Waals surface area contributed by atoms with Gasteiger partial charge in [0.2, 0.25) is 0 Å². The van der Waals surface area contributed by atoms with E-state index in [1.807, 2.05) is 6.92 Å². The van der Waals surface area contributed by atoms with Crippen molar-refractivity contribution in [3.8, 4) is 0 Å². The summed E-state index contributed by atoms with van der Waals surface area (Å²) in [5, 5.41) is 0. The Kier molecular flexibility index (Phi) is 3.52. The Morgan fingerprint density at radius 2 is 1.78 bits per heavy atom. The van der Waals surface area contributed by atoms with Gasteiger partial charge in [0.25, 0.3) is 10.1 Å². The molecule has 0 unspecified atom stereocenters. The molecule has 1 aromatic carbocycles. The smallest absolute Gasteiger partial charge is 0.266 e. The van der Waals surface area contributed by atoms with Crippen LogP contribution in [0.25, 0.3) is 0 Å². The second-order valence-corrected chi connectivity index (χ2v) is 7.41. The van der Waals surface area contributed by atoms with Crippen molar-refractivity contribution in [1.82, 2.24) is 0 Å². The third-order valence-corrected chi connectivity index (χ3v) is 4.86. The maximum absolute atomic E-state index is 12.0. The van der Waals surface area contributed by atoms with E-state index in [1.54, 1.807) is 24.3 Å². The van der Waals surface area contributed by atoms with Gasteiger partial charge in [-0.05, 0) is 43.2 Å². The summed E-state index contributed by atoms with van der Waals surface area (Å²) in [5.74, 6) is 0.603. The maximum atomic E-state index is 12.0. The van der Waals surface area contributed by atoms with Crippen molar-refractivity contribution in [2.45, 2.75) is 38.5 Å². The fraction of sp³-hybridized carbons (Fsp3) is 0.571. The molecule has 0 bridgehead atoms. The van der Waals surface area contributed by atoms with Gasteiger partial charge in [0, 0.05) is 0 Å². The Labute approximate surface area is 109 Å². The lowest BCUT2D eigenvalue weighted by atomic mass is 9.89. The molecular weight excluding hydrogens is 248 g/mol. The number of hydrogen-bond acceptors (Lipinski definition) is 3. The standard InChI is InChI=1S/C14H20O3S/c1-11-4-8-13(9-5-11)18(15,16)17-10-14(2,3)12-6-7-12/h4-5,8-9,12H,6-7,10H2,1-3H3. The predicted molar refractivity (Wildman–Crippen MR) is 70.8 cm³/mol. The highest BCUT2D eigenvalue weighted by atomic mass is 32.2. The monoisotopic (exact) mass is 268 g/mol. The van der Waals surface area contributed by atoms with Crippen molar-refractivity contribution in [1.29, 1.82) is 0 Å². The van der Waals surface area contributed by atoms with E-state index in [0.29, 0.717) is 5.92 Å². The van der Waals surface area contributed by atoms with E-state index >= 15 is 0 Å². The summed E-state index contributed by atoms with van der Waals surface area (Å²) in [6.07, 6.45) is 2.36. The largest absolute Gasteiger partial charge is 0.296 e. The molecule has 0 amide bonds. The van der Waals surface area contributed by atoms with Gasteiger partial charge in [-0.3, -0.25) is 4.18 Å². The highest BCUT2D eigenvalue weighted by Crippen LogP contribution is 2.45. The third-order valence-electron chi connectivity index (χ3n) is 3.58. The molecule has 1 aliphatic rings. The zero-order valence-corrected chi connectivity index (χ0v) is 12.0. The summed E-state index contributed by atoms with van der Waals surface area (Å²) < 4.78 is 29.2. The van der Waals surface area contributed by atoms with Gasteiger partial charge < -0.3 is 0 Å². The predicted octanol–water partition coefficient (Wildman–Crippen LogP) is 3.14. The van der Waals surface area contributed by atoms with Gasteiger partial charge in [0.15, 0.2) is 0 Å². The van der Waals surface area contributed by atoms with Crippen molar-refractivity contribution >= 4 is 10.1 Å². The van der Waals surface area contributed by atoms with E-state index in [9.17, 15) is 8.42 Å². The molecule has 0 N–H and O–H groups in total. The van der Waals surface area contributed by atoms with Gasteiger partial charge in [0.1, 0.15) is 0 Å². The molecule has 1 aromatic rings. The van der Waals surface area contributed by atoms with Gasteiger partial charge in [0.05, 0.1) is 11.5 Å². The molecule has 2 rings (SSSR count). The first-order chi connectivity index (χ1) is 8.31. The quantitative estimate of drug-likeness (QED) is 0.771. The van der Waals surface area contributed by atoms with Crippen LogP contribution in [0.5, 0.6) is 0 Å².